The Morgan fingerprint density at radius 1 is 0.692 bits per heavy atom. The van der Waals surface area contributed by atoms with Crippen LogP contribution in [-0.4, -0.2) is 9.13 Å². The van der Waals surface area contributed by atoms with Gasteiger partial charge < -0.3 is 0 Å². The summed E-state index contributed by atoms with van der Waals surface area (Å²) in [5, 5.41) is 0. The summed E-state index contributed by atoms with van der Waals surface area (Å²) in [6, 6.07) is 16.8. The fraction of sp³-hybridized carbons (Fsp3) is 0.182. The van der Waals surface area contributed by atoms with Crippen molar-refractivity contribution in [3.63, 3.8) is 0 Å². The van der Waals surface area contributed by atoms with E-state index >= 15 is 0 Å². The molecule has 0 amide bonds. The van der Waals surface area contributed by atoms with E-state index in [-0.39, 0.29) is 0 Å². The summed E-state index contributed by atoms with van der Waals surface area (Å²) in [4.78, 5) is 0. The molecule has 26 heavy (non-hydrogen) atoms. The molecule has 8 bridgehead atoms. The summed E-state index contributed by atoms with van der Waals surface area (Å²) in [5.41, 5.74) is 4.65. The van der Waals surface area contributed by atoms with Gasteiger partial charge in [-0.1, -0.05) is 36.4 Å². The van der Waals surface area contributed by atoms with Crippen LogP contribution < -0.4 is 9.13 Å². The van der Waals surface area contributed by atoms with Crippen LogP contribution in [0.3, 0.4) is 0 Å². The predicted octanol–water partition coefficient (Wildman–Crippen LogP) is 2.37. The molecule has 0 unspecified atom stereocenters. The van der Waals surface area contributed by atoms with Crippen LogP contribution in [0.15, 0.2) is 85.9 Å². The number of hydrogen-bond acceptors (Lipinski definition) is 0. The van der Waals surface area contributed by atoms with Crippen molar-refractivity contribution in [1.29, 1.82) is 0 Å². The van der Waals surface area contributed by atoms with Crippen molar-refractivity contribution in [3.8, 4) is 0 Å². The molecule has 1 aliphatic heterocycles. The van der Waals surface area contributed by atoms with Crippen LogP contribution in [0, 0.1) is 0 Å². The summed E-state index contributed by atoms with van der Waals surface area (Å²) in [6.07, 6.45) is 8.91. The third-order valence-electron chi connectivity index (χ3n) is 4.76. The number of rotatable bonds is 0. The molecule has 0 radical (unpaired) electrons. The van der Waals surface area contributed by atoms with Crippen LogP contribution in [0.1, 0.15) is 25.0 Å². The van der Waals surface area contributed by atoms with Crippen LogP contribution >= 0.6 is 0 Å². The van der Waals surface area contributed by atoms with Gasteiger partial charge in [0.15, 0.2) is 2.74 Å². The molecular weight excluding hydrogens is 320 g/mol. The zero-order chi connectivity index (χ0) is 19.1. The number of imidazole rings is 2. The highest BCUT2D eigenvalue weighted by molar-refractivity contribution is 5.24. The number of fused-ring (bicyclic) bond motifs is 8. The second-order valence-electron chi connectivity index (χ2n) is 6.95. The second-order valence-corrected chi connectivity index (χ2v) is 6.95. The summed E-state index contributed by atoms with van der Waals surface area (Å²) >= 11 is 0. The molecule has 4 heteroatoms. The molecule has 2 aromatic heterocycles. The monoisotopic (exact) mass is 344 g/mol. The predicted molar refractivity (Wildman–Crippen MR) is 98.5 cm³/mol. The van der Waals surface area contributed by atoms with Gasteiger partial charge in [-0.3, -0.25) is 0 Å². The standard InChI is InChI=1S/C22H22N4/c1-3-19-11-20(4-1)14-24-8-10-26(18-24)16-22-6-2-5-21(12-22)15-25-9-7-23(13-19)17-25/h1-12,17-18H,13-16H2/q+2/i17D,18D. The average Bonchev–Trinajstić information content (AvgIpc) is 3.20. The Morgan fingerprint density at radius 3 is 1.69 bits per heavy atom. The summed E-state index contributed by atoms with van der Waals surface area (Å²) < 4.78 is 24.9. The molecule has 1 aliphatic rings. The fourth-order valence-corrected chi connectivity index (χ4v) is 3.58. The molecule has 2 aromatic carbocycles. The van der Waals surface area contributed by atoms with Crippen LogP contribution in [0.5, 0.6) is 0 Å². The molecule has 0 aliphatic carbocycles. The summed E-state index contributed by atoms with van der Waals surface area (Å²) in [7, 11) is 0. The molecule has 5 rings (SSSR count). The largest absolute Gasteiger partial charge is 0.244 e. The fourth-order valence-electron chi connectivity index (χ4n) is 3.58. The van der Waals surface area contributed by atoms with E-state index in [1.165, 1.54) is 0 Å². The van der Waals surface area contributed by atoms with Gasteiger partial charge in [-0.05, 0) is 34.4 Å². The SMILES string of the molecule is [2H]c1n2cc[n+]1Cc1cccc(c1)C[n+]1ccn(c1[2H])Cc1cccc(c1)C2. The van der Waals surface area contributed by atoms with Crippen molar-refractivity contribution in [3.05, 3.63) is 108 Å². The van der Waals surface area contributed by atoms with Gasteiger partial charge in [-0.25, -0.2) is 18.3 Å². The zero-order valence-corrected chi connectivity index (χ0v) is 14.5. The molecule has 0 fully saturated rings. The zero-order valence-electron chi connectivity index (χ0n) is 16.5. The molecule has 0 atom stereocenters. The Hall–Kier alpha value is -3.14. The first-order valence-electron chi connectivity index (χ1n) is 9.92. The topological polar surface area (TPSA) is 17.6 Å². The number of nitrogens with zero attached hydrogens (tertiary/aromatic N) is 4. The van der Waals surface area contributed by atoms with Gasteiger partial charge in [0.25, 0.3) is 0 Å². The summed E-state index contributed by atoms with van der Waals surface area (Å²) in [5.74, 6) is 0. The van der Waals surface area contributed by atoms with Crippen molar-refractivity contribution in [2.24, 2.45) is 0 Å². The minimum Gasteiger partial charge on any atom is -0.233 e. The van der Waals surface area contributed by atoms with E-state index in [1.807, 2.05) is 43.1 Å². The second kappa shape index (κ2) is 6.30. The summed E-state index contributed by atoms with van der Waals surface area (Å²) in [6.45, 7) is 2.66. The lowest BCUT2D eigenvalue weighted by Crippen LogP contribution is -2.33. The quantitative estimate of drug-likeness (QED) is 0.384. The van der Waals surface area contributed by atoms with Gasteiger partial charge in [0.2, 0.25) is 12.6 Å². The maximum absolute atomic E-state index is 8.54. The maximum Gasteiger partial charge on any atom is 0.244 e. The van der Waals surface area contributed by atoms with Crippen molar-refractivity contribution in [2.45, 2.75) is 26.2 Å². The van der Waals surface area contributed by atoms with Gasteiger partial charge in [-0.2, -0.15) is 0 Å². The first kappa shape index (κ1) is 13.1. The van der Waals surface area contributed by atoms with Crippen LogP contribution in [0.2, 0.25) is 0 Å². The van der Waals surface area contributed by atoms with E-state index in [4.69, 9.17) is 2.74 Å². The van der Waals surface area contributed by atoms with Gasteiger partial charge in [-0.15, -0.1) is 0 Å². The first-order valence-corrected chi connectivity index (χ1v) is 8.92. The Balaban J connectivity index is 1.62. The smallest absolute Gasteiger partial charge is 0.233 e. The first-order chi connectivity index (χ1) is 13.7. The van der Waals surface area contributed by atoms with Crippen molar-refractivity contribution in [1.82, 2.24) is 9.13 Å². The van der Waals surface area contributed by atoms with Crippen molar-refractivity contribution >= 4 is 0 Å². The van der Waals surface area contributed by atoms with E-state index in [1.54, 1.807) is 0 Å². The minimum atomic E-state index is 0.499. The Bertz CT molecular complexity index is 990. The molecule has 4 nitrogen and oxygen atoms in total. The molecule has 128 valence electrons. The van der Waals surface area contributed by atoms with Gasteiger partial charge >= 0.3 is 0 Å². The van der Waals surface area contributed by atoms with E-state index < -0.39 is 0 Å². The number of hydrogen-bond donors (Lipinski definition) is 0. The molecule has 4 aromatic rings. The molecular formula is C22H22N4+2. The number of aromatic nitrogens is 4. The lowest BCUT2D eigenvalue weighted by atomic mass is 10.1. The van der Waals surface area contributed by atoms with Gasteiger partial charge in [0.05, 0.1) is 0 Å². The van der Waals surface area contributed by atoms with E-state index in [9.17, 15) is 0 Å². The third-order valence-corrected chi connectivity index (χ3v) is 4.76. The number of benzene rings is 2. The third kappa shape index (κ3) is 3.18. The van der Waals surface area contributed by atoms with E-state index in [0.29, 0.717) is 38.8 Å². The lowest BCUT2D eigenvalue weighted by molar-refractivity contribution is -0.688. The molecule has 3 heterocycles. The van der Waals surface area contributed by atoms with Crippen molar-refractivity contribution < 1.29 is 11.9 Å². The molecule has 0 spiro atoms. The Labute approximate surface area is 156 Å². The van der Waals surface area contributed by atoms with Gasteiger partial charge in [0, 0.05) is 0 Å². The van der Waals surface area contributed by atoms with Crippen LogP contribution in [0.4, 0.5) is 0 Å². The highest BCUT2D eigenvalue weighted by atomic mass is 15.1. The van der Waals surface area contributed by atoms with Crippen molar-refractivity contribution in [2.75, 3.05) is 0 Å². The normalized spacial score (nSPS) is 14.6. The van der Waals surface area contributed by atoms with E-state index in [2.05, 4.69) is 48.5 Å². The Kier molecular flexibility index (Phi) is 3.18. The van der Waals surface area contributed by atoms with Gasteiger partial charge in [0.1, 0.15) is 51.0 Å². The molecule has 0 saturated heterocycles. The lowest BCUT2D eigenvalue weighted by Gasteiger charge is -2.04. The Morgan fingerprint density at radius 2 is 1.15 bits per heavy atom. The highest BCUT2D eigenvalue weighted by Gasteiger charge is 2.11. The molecule has 0 saturated carbocycles. The molecule has 0 N–H and O–H groups in total. The average molecular weight is 344 g/mol. The van der Waals surface area contributed by atoms with Crippen LogP contribution in [0.25, 0.3) is 0 Å². The minimum absolute atomic E-state index is 0.499. The van der Waals surface area contributed by atoms with Crippen LogP contribution in [-0.2, 0) is 26.2 Å². The highest BCUT2D eigenvalue weighted by Crippen LogP contribution is 2.10. The maximum atomic E-state index is 8.54. The van der Waals surface area contributed by atoms with E-state index in [0.717, 1.165) is 22.3 Å².